The maximum atomic E-state index is 9.82. The molecule has 10 heavy (non-hydrogen) atoms. The molecule has 52 valence electrons. The number of aliphatic carboxylic acids is 1. The van der Waals surface area contributed by atoms with E-state index in [-0.39, 0.29) is 36.1 Å². The molecule has 0 atom stereocenters. The Bertz CT molecular complexity index is 132. The molecule has 4 nitrogen and oxygen atoms in total. The zero-order valence-corrected chi connectivity index (χ0v) is 4.92. The first-order chi connectivity index (χ1) is 4.27. The van der Waals surface area contributed by atoms with Crippen LogP contribution in [0.5, 0.6) is 0 Å². The summed E-state index contributed by atoms with van der Waals surface area (Å²) in [7, 11) is 0. The fraction of sp³-hybridized carbons (Fsp3) is 0.600. The molecule has 0 radical (unpaired) electrons. The summed E-state index contributed by atoms with van der Waals surface area (Å²) in [5.74, 6) is -0.895. The quantitative estimate of drug-likeness (QED) is 0.397. The zero-order valence-electron chi connectivity index (χ0n) is 4.92. The molecule has 0 heterocycles. The second-order valence-corrected chi connectivity index (χ2v) is 1.48. The second kappa shape index (κ2) is 8.92. The molecule has 0 unspecified atom stereocenters. The molecular formula is C5H9N2NaO2. The van der Waals surface area contributed by atoms with Gasteiger partial charge in [0.1, 0.15) is 0 Å². The number of hydrogen-bond donors (Lipinski definition) is 2. The van der Waals surface area contributed by atoms with Crippen molar-refractivity contribution in [3.05, 3.63) is 0 Å². The molecule has 0 aliphatic rings. The maximum absolute atomic E-state index is 9.82. The van der Waals surface area contributed by atoms with E-state index in [2.05, 4.69) is 5.32 Å². The second-order valence-electron chi connectivity index (χ2n) is 1.48. The van der Waals surface area contributed by atoms with E-state index in [9.17, 15) is 4.79 Å². The molecule has 0 bridgehead atoms. The van der Waals surface area contributed by atoms with Gasteiger partial charge in [0.2, 0.25) is 0 Å². The van der Waals surface area contributed by atoms with Crippen molar-refractivity contribution < 1.29 is 9.90 Å². The Balaban J connectivity index is 0. The molecule has 0 fully saturated rings. The number of rotatable bonds is 4. The Morgan fingerprint density at radius 1 is 1.70 bits per heavy atom. The van der Waals surface area contributed by atoms with Crippen LogP contribution in [0.1, 0.15) is 6.42 Å². The van der Waals surface area contributed by atoms with Crippen LogP contribution in [0.3, 0.4) is 0 Å². The van der Waals surface area contributed by atoms with Gasteiger partial charge in [-0.15, -0.1) is 0 Å². The van der Waals surface area contributed by atoms with Crippen LogP contribution in [0.15, 0.2) is 0 Å². The standard InChI is InChI=1S/C5H8N2O2.Na.H/c6-2-1-3-7-4-5(8)9;;/h7H,1,3-4H2,(H,8,9);;. The molecule has 5 heteroatoms. The van der Waals surface area contributed by atoms with Gasteiger partial charge < -0.3 is 10.4 Å². The van der Waals surface area contributed by atoms with Crippen LogP contribution in [0.4, 0.5) is 0 Å². The molecule has 0 spiro atoms. The first kappa shape index (κ1) is 12.6. The first-order valence-electron chi connectivity index (χ1n) is 2.57. The van der Waals surface area contributed by atoms with Gasteiger partial charge >= 0.3 is 35.5 Å². The van der Waals surface area contributed by atoms with Crippen LogP contribution in [-0.2, 0) is 4.79 Å². The molecule has 0 aromatic rings. The molecule has 2 N–H and O–H groups in total. The van der Waals surface area contributed by atoms with Gasteiger partial charge in [-0.05, 0) is 0 Å². The predicted octanol–water partition coefficient (Wildman–Crippen LogP) is -1.07. The Labute approximate surface area is 81.5 Å². The van der Waals surface area contributed by atoms with Gasteiger partial charge in [-0.1, -0.05) is 0 Å². The van der Waals surface area contributed by atoms with Crippen molar-refractivity contribution in [2.24, 2.45) is 0 Å². The summed E-state index contributed by atoms with van der Waals surface area (Å²) in [6, 6.07) is 1.89. The fourth-order valence-corrected chi connectivity index (χ4v) is 0.340. The van der Waals surface area contributed by atoms with Crippen LogP contribution in [0.25, 0.3) is 0 Å². The molecule has 0 aliphatic carbocycles. The van der Waals surface area contributed by atoms with E-state index < -0.39 is 5.97 Å². The number of carbonyl (C=O) groups is 1. The van der Waals surface area contributed by atoms with Crippen LogP contribution >= 0.6 is 0 Å². The third kappa shape index (κ3) is 10.8. The Morgan fingerprint density at radius 2 is 2.30 bits per heavy atom. The van der Waals surface area contributed by atoms with Gasteiger partial charge in [-0.2, -0.15) is 5.26 Å². The summed E-state index contributed by atoms with van der Waals surface area (Å²) < 4.78 is 0. The van der Waals surface area contributed by atoms with Gasteiger partial charge in [0.05, 0.1) is 12.6 Å². The van der Waals surface area contributed by atoms with Crippen molar-refractivity contribution in [3.8, 4) is 6.07 Å². The monoisotopic (exact) mass is 152 g/mol. The summed E-state index contributed by atoms with van der Waals surface area (Å²) in [5, 5.41) is 18.6. The summed E-state index contributed by atoms with van der Waals surface area (Å²) in [6.07, 6.45) is 0.354. The number of nitrogens with zero attached hydrogens (tertiary/aromatic N) is 1. The Morgan fingerprint density at radius 3 is 2.70 bits per heavy atom. The van der Waals surface area contributed by atoms with Crippen molar-refractivity contribution in [1.82, 2.24) is 5.32 Å². The number of hydrogen-bond acceptors (Lipinski definition) is 3. The van der Waals surface area contributed by atoms with Gasteiger partial charge in [0, 0.05) is 13.0 Å². The number of nitrogens with one attached hydrogen (secondary N) is 1. The van der Waals surface area contributed by atoms with Crippen molar-refractivity contribution in [1.29, 1.82) is 5.26 Å². The Kier molecular flexibility index (Phi) is 11.2. The van der Waals surface area contributed by atoms with Crippen molar-refractivity contribution in [2.45, 2.75) is 6.42 Å². The average molecular weight is 152 g/mol. The van der Waals surface area contributed by atoms with E-state index in [0.717, 1.165) is 0 Å². The van der Waals surface area contributed by atoms with Crippen LogP contribution in [0, 0.1) is 11.3 Å². The third-order valence-electron chi connectivity index (χ3n) is 0.690. The van der Waals surface area contributed by atoms with E-state index in [4.69, 9.17) is 10.4 Å². The fourth-order valence-electron chi connectivity index (χ4n) is 0.340. The van der Waals surface area contributed by atoms with Gasteiger partial charge in [0.15, 0.2) is 0 Å². The Hall–Kier alpha value is -0.0800. The molecule has 0 saturated heterocycles. The zero-order chi connectivity index (χ0) is 7.11. The third-order valence-corrected chi connectivity index (χ3v) is 0.690. The molecule has 0 aromatic heterocycles. The SMILES string of the molecule is N#CCCNCC(=O)O.[NaH]. The topological polar surface area (TPSA) is 73.1 Å². The minimum atomic E-state index is -0.895. The number of nitriles is 1. The van der Waals surface area contributed by atoms with Crippen LogP contribution < -0.4 is 5.32 Å². The molecule has 0 saturated carbocycles. The summed E-state index contributed by atoms with van der Waals surface area (Å²) >= 11 is 0. The molecular weight excluding hydrogens is 143 g/mol. The first-order valence-corrected chi connectivity index (χ1v) is 2.57. The van der Waals surface area contributed by atoms with Crippen molar-refractivity contribution in [3.63, 3.8) is 0 Å². The van der Waals surface area contributed by atoms with Crippen molar-refractivity contribution in [2.75, 3.05) is 13.1 Å². The summed E-state index contributed by atoms with van der Waals surface area (Å²) in [4.78, 5) is 9.82. The van der Waals surface area contributed by atoms with E-state index in [1.54, 1.807) is 0 Å². The van der Waals surface area contributed by atoms with Gasteiger partial charge in [-0.25, -0.2) is 0 Å². The normalized spacial score (nSPS) is 7.50. The molecule has 0 aromatic carbocycles. The summed E-state index contributed by atoms with van der Waals surface area (Å²) in [5.41, 5.74) is 0. The van der Waals surface area contributed by atoms with Crippen molar-refractivity contribution >= 4 is 35.5 Å². The molecule has 0 rings (SSSR count). The number of carboxylic acid groups (broad SMARTS) is 1. The van der Waals surface area contributed by atoms with E-state index in [1.165, 1.54) is 0 Å². The van der Waals surface area contributed by atoms with E-state index in [0.29, 0.717) is 13.0 Å². The van der Waals surface area contributed by atoms with E-state index >= 15 is 0 Å². The van der Waals surface area contributed by atoms with E-state index in [1.807, 2.05) is 6.07 Å². The minimum absolute atomic E-state index is 0. The predicted molar refractivity (Wildman–Crippen MR) is 37.9 cm³/mol. The summed E-state index contributed by atoms with van der Waals surface area (Å²) in [6.45, 7) is 0.379. The van der Waals surface area contributed by atoms with Gasteiger partial charge in [-0.3, -0.25) is 4.79 Å². The van der Waals surface area contributed by atoms with Gasteiger partial charge in [0.25, 0.3) is 0 Å². The molecule has 0 aliphatic heterocycles. The average Bonchev–Trinajstić information content (AvgIpc) is 1.80. The van der Waals surface area contributed by atoms with Crippen LogP contribution in [0.2, 0.25) is 0 Å². The molecule has 0 amide bonds. The number of carboxylic acids is 1. The van der Waals surface area contributed by atoms with Crippen LogP contribution in [-0.4, -0.2) is 53.7 Å².